The first-order chi connectivity index (χ1) is 11.7. The summed E-state index contributed by atoms with van der Waals surface area (Å²) in [5.74, 6) is 0.915. The SMILES string of the molecule is CNC1=NC2(CCc3c(-c4cncnc4)ccc(OC)c3C2)CO1. The number of nitrogens with zero attached hydrogens (tertiary/aromatic N) is 3. The second-order valence-electron chi connectivity index (χ2n) is 6.26. The fourth-order valence-electron chi connectivity index (χ4n) is 3.66. The maximum atomic E-state index is 5.68. The van der Waals surface area contributed by atoms with Crippen LogP contribution in [0.2, 0.25) is 0 Å². The van der Waals surface area contributed by atoms with Crippen molar-refractivity contribution in [3.05, 3.63) is 42.0 Å². The molecule has 6 heteroatoms. The zero-order chi connectivity index (χ0) is 16.6. The summed E-state index contributed by atoms with van der Waals surface area (Å²) in [7, 11) is 3.55. The average molecular weight is 324 g/mol. The molecule has 0 radical (unpaired) electrons. The number of nitrogens with one attached hydrogen (secondary N) is 1. The van der Waals surface area contributed by atoms with Gasteiger partial charge in [0, 0.05) is 37.0 Å². The Morgan fingerprint density at radius 3 is 2.75 bits per heavy atom. The molecule has 4 rings (SSSR count). The molecule has 1 aliphatic heterocycles. The van der Waals surface area contributed by atoms with Gasteiger partial charge in [0.25, 0.3) is 6.02 Å². The van der Waals surface area contributed by atoms with E-state index >= 15 is 0 Å². The smallest absolute Gasteiger partial charge is 0.285 e. The second-order valence-corrected chi connectivity index (χ2v) is 6.26. The number of hydrogen-bond acceptors (Lipinski definition) is 6. The van der Waals surface area contributed by atoms with Gasteiger partial charge in [-0.15, -0.1) is 0 Å². The van der Waals surface area contributed by atoms with Gasteiger partial charge in [0.2, 0.25) is 0 Å². The van der Waals surface area contributed by atoms with Crippen molar-refractivity contribution in [1.82, 2.24) is 15.3 Å². The molecule has 2 aromatic rings. The molecule has 1 N–H and O–H groups in total. The van der Waals surface area contributed by atoms with Crippen molar-refractivity contribution in [2.75, 3.05) is 20.8 Å². The normalized spacial score (nSPS) is 21.8. The van der Waals surface area contributed by atoms with Gasteiger partial charge in [-0.3, -0.25) is 0 Å². The Labute approximate surface area is 141 Å². The first-order valence-electron chi connectivity index (χ1n) is 8.09. The molecule has 1 aromatic carbocycles. The molecular weight excluding hydrogens is 304 g/mol. The molecule has 0 saturated carbocycles. The Morgan fingerprint density at radius 1 is 1.21 bits per heavy atom. The third kappa shape index (κ3) is 2.38. The molecule has 2 heterocycles. The summed E-state index contributed by atoms with van der Waals surface area (Å²) in [6, 6.07) is 4.76. The number of hydrogen-bond donors (Lipinski definition) is 1. The quantitative estimate of drug-likeness (QED) is 0.915. The molecule has 1 unspecified atom stereocenters. The molecule has 0 fully saturated rings. The van der Waals surface area contributed by atoms with Crippen LogP contribution in [0.5, 0.6) is 5.75 Å². The molecule has 6 nitrogen and oxygen atoms in total. The van der Waals surface area contributed by atoms with E-state index in [0.29, 0.717) is 12.6 Å². The number of methoxy groups -OCH3 is 1. The lowest BCUT2D eigenvalue weighted by Crippen LogP contribution is -2.36. The van der Waals surface area contributed by atoms with Crippen LogP contribution in [0.15, 0.2) is 35.8 Å². The van der Waals surface area contributed by atoms with Gasteiger partial charge in [-0.05, 0) is 30.0 Å². The summed E-state index contributed by atoms with van der Waals surface area (Å²) in [6.07, 6.45) is 7.97. The molecule has 2 aliphatic rings. The zero-order valence-electron chi connectivity index (χ0n) is 13.9. The lowest BCUT2D eigenvalue weighted by atomic mass is 9.76. The highest BCUT2D eigenvalue weighted by molar-refractivity contribution is 5.76. The molecule has 1 aromatic heterocycles. The molecule has 1 atom stereocenters. The summed E-state index contributed by atoms with van der Waals surface area (Å²) in [6.45, 7) is 0.616. The predicted molar refractivity (Wildman–Crippen MR) is 91.2 cm³/mol. The largest absolute Gasteiger partial charge is 0.496 e. The molecule has 0 bridgehead atoms. The Kier molecular flexibility index (Phi) is 3.59. The summed E-state index contributed by atoms with van der Waals surface area (Å²) in [5.41, 5.74) is 4.55. The van der Waals surface area contributed by atoms with Crippen molar-refractivity contribution in [1.29, 1.82) is 0 Å². The van der Waals surface area contributed by atoms with E-state index in [4.69, 9.17) is 14.5 Å². The van der Waals surface area contributed by atoms with Gasteiger partial charge < -0.3 is 14.8 Å². The number of ether oxygens (including phenoxy) is 2. The molecule has 1 spiro atoms. The first kappa shape index (κ1) is 14.9. The highest BCUT2D eigenvalue weighted by Crippen LogP contribution is 2.42. The van der Waals surface area contributed by atoms with Gasteiger partial charge in [0.1, 0.15) is 24.2 Å². The van der Waals surface area contributed by atoms with Gasteiger partial charge in [-0.2, -0.15) is 0 Å². The second kappa shape index (κ2) is 5.78. The Balaban J connectivity index is 1.79. The molecule has 1 aliphatic carbocycles. The lowest BCUT2D eigenvalue weighted by molar-refractivity contribution is 0.230. The number of aromatic nitrogens is 2. The van der Waals surface area contributed by atoms with E-state index in [1.165, 1.54) is 16.7 Å². The van der Waals surface area contributed by atoms with Crippen LogP contribution in [0.25, 0.3) is 11.1 Å². The van der Waals surface area contributed by atoms with Crippen molar-refractivity contribution in [2.24, 2.45) is 4.99 Å². The molecule has 24 heavy (non-hydrogen) atoms. The van der Waals surface area contributed by atoms with Crippen molar-refractivity contribution in [3.8, 4) is 16.9 Å². The van der Waals surface area contributed by atoms with E-state index < -0.39 is 0 Å². The van der Waals surface area contributed by atoms with Crippen LogP contribution >= 0.6 is 0 Å². The van der Waals surface area contributed by atoms with Gasteiger partial charge in [-0.25, -0.2) is 15.0 Å². The number of rotatable bonds is 2. The Hall–Kier alpha value is -2.63. The van der Waals surface area contributed by atoms with Crippen LogP contribution in [0, 0.1) is 0 Å². The predicted octanol–water partition coefficient (Wildman–Crippen LogP) is 1.99. The van der Waals surface area contributed by atoms with Crippen LogP contribution in [0.4, 0.5) is 0 Å². The van der Waals surface area contributed by atoms with E-state index in [2.05, 4.69) is 21.4 Å². The maximum Gasteiger partial charge on any atom is 0.285 e. The maximum absolute atomic E-state index is 5.68. The fraction of sp³-hybridized carbons (Fsp3) is 0.389. The number of fused-ring (bicyclic) bond motifs is 1. The summed E-state index contributed by atoms with van der Waals surface area (Å²) >= 11 is 0. The third-order valence-electron chi connectivity index (χ3n) is 4.86. The van der Waals surface area contributed by atoms with Gasteiger partial charge in [-0.1, -0.05) is 6.07 Å². The van der Waals surface area contributed by atoms with Crippen LogP contribution in [0.3, 0.4) is 0 Å². The average Bonchev–Trinajstić information content (AvgIpc) is 3.04. The topological polar surface area (TPSA) is 68.6 Å². The minimum atomic E-state index is -0.190. The van der Waals surface area contributed by atoms with Crippen molar-refractivity contribution in [2.45, 2.75) is 24.8 Å². The highest BCUT2D eigenvalue weighted by Gasteiger charge is 2.41. The van der Waals surface area contributed by atoms with Gasteiger partial charge in [0.15, 0.2) is 0 Å². The van der Waals surface area contributed by atoms with E-state index in [9.17, 15) is 0 Å². The van der Waals surface area contributed by atoms with E-state index in [1.54, 1.807) is 13.4 Å². The highest BCUT2D eigenvalue weighted by atomic mass is 16.5. The number of benzene rings is 1. The number of aliphatic imine (C=N–C) groups is 1. The van der Waals surface area contributed by atoms with Crippen LogP contribution in [-0.2, 0) is 17.6 Å². The zero-order valence-corrected chi connectivity index (χ0v) is 13.9. The van der Waals surface area contributed by atoms with E-state index in [0.717, 1.165) is 30.6 Å². The fourth-order valence-corrected chi connectivity index (χ4v) is 3.66. The summed E-state index contributed by atoms with van der Waals surface area (Å²) in [5, 5.41) is 3.01. The lowest BCUT2D eigenvalue weighted by Gasteiger charge is -2.32. The molecule has 124 valence electrons. The standard InChI is InChI=1S/C18H20N4O2/c1-19-17-22-18(10-24-17)6-5-14-13(12-8-20-11-21-9-12)3-4-16(23-2)15(14)7-18/h3-4,8-9,11H,5-7,10H2,1-2H3,(H,19,22). The van der Waals surface area contributed by atoms with Gasteiger partial charge in [0.05, 0.1) is 7.11 Å². The van der Waals surface area contributed by atoms with Crippen LogP contribution in [-0.4, -0.2) is 42.3 Å². The van der Waals surface area contributed by atoms with Crippen molar-refractivity contribution >= 4 is 6.02 Å². The van der Waals surface area contributed by atoms with Crippen LogP contribution < -0.4 is 10.1 Å². The molecule has 0 amide bonds. The Morgan fingerprint density at radius 2 is 2.04 bits per heavy atom. The van der Waals surface area contributed by atoms with Gasteiger partial charge >= 0.3 is 0 Å². The monoisotopic (exact) mass is 324 g/mol. The summed E-state index contributed by atoms with van der Waals surface area (Å²) < 4.78 is 11.3. The molecule has 0 saturated heterocycles. The minimum absolute atomic E-state index is 0.190. The van der Waals surface area contributed by atoms with Crippen molar-refractivity contribution in [3.63, 3.8) is 0 Å². The first-order valence-corrected chi connectivity index (χ1v) is 8.09. The van der Waals surface area contributed by atoms with E-state index in [1.807, 2.05) is 25.5 Å². The van der Waals surface area contributed by atoms with E-state index in [-0.39, 0.29) is 5.54 Å². The minimum Gasteiger partial charge on any atom is -0.496 e. The Bertz CT molecular complexity index is 791. The molecular formula is C18H20N4O2. The van der Waals surface area contributed by atoms with Crippen LogP contribution in [0.1, 0.15) is 17.5 Å². The summed E-state index contributed by atoms with van der Waals surface area (Å²) in [4.78, 5) is 13.1. The number of amidine groups is 1. The third-order valence-corrected chi connectivity index (χ3v) is 4.86. The van der Waals surface area contributed by atoms with Crippen molar-refractivity contribution < 1.29 is 9.47 Å².